The molecule has 1 saturated heterocycles. The minimum Gasteiger partial charge on any atom is -0.369 e. The van der Waals surface area contributed by atoms with E-state index in [4.69, 9.17) is 4.74 Å². The number of aromatic nitrogens is 2. The van der Waals surface area contributed by atoms with Gasteiger partial charge in [-0.1, -0.05) is 0 Å². The monoisotopic (exact) mass is 284 g/mol. The quantitative estimate of drug-likeness (QED) is 0.826. The van der Waals surface area contributed by atoms with Gasteiger partial charge < -0.3 is 14.5 Å². The number of aryl methyl sites for hydroxylation is 1. The van der Waals surface area contributed by atoms with Crippen molar-refractivity contribution in [2.45, 2.75) is 26.4 Å². The van der Waals surface area contributed by atoms with E-state index in [1.807, 2.05) is 11.8 Å². The van der Waals surface area contributed by atoms with E-state index in [1.165, 1.54) is 11.5 Å². The summed E-state index contributed by atoms with van der Waals surface area (Å²) in [5, 5.41) is 0.940. The number of piperazine rings is 1. The normalized spacial score (nSPS) is 16.8. The molecule has 1 amide bonds. The zero-order valence-electron chi connectivity index (χ0n) is 11.8. The van der Waals surface area contributed by atoms with Crippen LogP contribution in [0.15, 0.2) is 0 Å². The van der Waals surface area contributed by atoms with E-state index in [1.54, 1.807) is 21.0 Å². The maximum Gasteiger partial charge on any atom is 0.254 e. The van der Waals surface area contributed by atoms with E-state index in [0.29, 0.717) is 13.1 Å². The van der Waals surface area contributed by atoms with E-state index in [9.17, 15) is 4.79 Å². The molecule has 0 aromatic carbocycles. The minimum atomic E-state index is -0.749. The molecule has 7 heteroatoms. The summed E-state index contributed by atoms with van der Waals surface area (Å²) in [5.74, 6) is 0.849. The van der Waals surface area contributed by atoms with E-state index >= 15 is 0 Å². The molecule has 6 nitrogen and oxygen atoms in total. The molecule has 0 aliphatic carbocycles. The summed E-state index contributed by atoms with van der Waals surface area (Å²) in [7, 11) is 1.57. The van der Waals surface area contributed by atoms with Gasteiger partial charge in [-0.05, 0) is 20.8 Å². The lowest BCUT2D eigenvalue weighted by molar-refractivity contribution is -0.151. The van der Waals surface area contributed by atoms with Crippen LogP contribution in [0.2, 0.25) is 0 Å². The molecule has 0 N–H and O–H groups in total. The fourth-order valence-corrected chi connectivity index (χ4v) is 2.71. The van der Waals surface area contributed by atoms with Crippen molar-refractivity contribution in [1.29, 1.82) is 0 Å². The third kappa shape index (κ3) is 3.03. The van der Waals surface area contributed by atoms with E-state index in [2.05, 4.69) is 14.3 Å². The minimum absolute atomic E-state index is 0.0445. The summed E-state index contributed by atoms with van der Waals surface area (Å²) in [6.07, 6.45) is 0. The number of rotatable bonds is 3. The summed E-state index contributed by atoms with van der Waals surface area (Å²) in [6.45, 7) is 8.47. The summed E-state index contributed by atoms with van der Waals surface area (Å²) in [6, 6.07) is 0. The first-order valence-corrected chi connectivity index (χ1v) is 7.11. The third-order valence-electron chi connectivity index (χ3n) is 3.38. The molecule has 1 aliphatic rings. The van der Waals surface area contributed by atoms with Crippen molar-refractivity contribution in [2.75, 3.05) is 38.2 Å². The van der Waals surface area contributed by atoms with Gasteiger partial charge in [-0.15, -0.1) is 0 Å². The van der Waals surface area contributed by atoms with Gasteiger partial charge in [-0.25, -0.2) is 4.98 Å². The average Bonchev–Trinajstić information content (AvgIpc) is 2.85. The molecule has 0 radical (unpaired) electrons. The Labute approximate surface area is 117 Å². The summed E-state index contributed by atoms with van der Waals surface area (Å²) in [4.78, 5) is 20.7. The fraction of sp³-hybridized carbons (Fsp3) is 0.750. The molecule has 1 fully saturated rings. The topological polar surface area (TPSA) is 58.6 Å². The van der Waals surface area contributed by atoms with Gasteiger partial charge in [-0.3, -0.25) is 4.79 Å². The Bertz CT molecular complexity index is 452. The van der Waals surface area contributed by atoms with Gasteiger partial charge in [0.05, 0.1) is 0 Å². The molecule has 0 spiro atoms. The number of nitrogens with zero attached hydrogens (tertiary/aromatic N) is 4. The zero-order chi connectivity index (χ0) is 14.0. The van der Waals surface area contributed by atoms with Gasteiger partial charge in [0.15, 0.2) is 0 Å². The molecule has 0 saturated carbocycles. The maximum absolute atomic E-state index is 12.3. The van der Waals surface area contributed by atoms with Crippen LogP contribution in [-0.2, 0) is 9.53 Å². The third-order valence-corrected chi connectivity index (χ3v) is 4.25. The molecule has 1 aromatic rings. The Hall–Kier alpha value is -1.21. The highest BCUT2D eigenvalue weighted by Crippen LogP contribution is 2.20. The Morgan fingerprint density at radius 2 is 1.95 bits per heavy atom. The van der Waals surface area contributed by atoms with Crippen LogP contribution in [0, 0.1) is 6.92 Å². The predicted octanol–water partition coefficient (Wildman–Crippen LogP) is 0.920. The molecule has 2 rings (SSSR count). The summed E-state index contributed by atoms with van der Waals surface area (Å²) < 4.78 is 9.43. The largest absolute Gasteiger partial charge is 0.369 e. The van der Waals surface area contributed by atoms with Crippen LogP contribution in [0.25, 0.3) is 0 Å². The van der Waals surface area contributed by atoms with E-state index in [0.717, 1.165) is 24.0 Å². The van der Waals surface area contributed by atoms with Crippen molar-refractivity contribution in [3.8, 4) is 0 Å². The molecular weight excluding hydrogens is 264 g/mol. The van der Waals surface area contributed by atoms with Crippen LogP contribution < -0.4 is 4.90 Å². The smallest absolute Gasteiger partial charge is 0.254 e. The maximum atomic E-state index is 12.3. The Morgan fingerprint density at radius 1 is 1.32 bits per heavy atom. The van der Waals surface area contributed by atoms with Gasteiger partial charge in [0.2, 0.25) is 5.13 Å². The SMILES string of the molecule is COC(C)(C)C(=O)N1CCN(c2nc(C)ns2)CC1. The first kappa shape index (κ1) is 14.2. The zero-order valence-corrected chi connectivity index (χ0v) is 12.7. The van der Waals surface area contributed by atoms with Crippen molar-refractivity contribution in [3.63, 3.8) is 0 Å². The number of methoxy groups -OCH3 is 1. The number of carbonyl (C=O) groups excluding carboxylic acids is 1. The lowest BCUT2D eigenvalue weighted by Gasteiger charge is -2.37. The van der Waals surface area contributed by atoms with E-state index < -0.39 is 5.60 Å². The Morgan fingerprint density at radius 3 is 2.42 bits per heavy atom. The molecule has 1 aliphatic heterocycles. The van der Waals surface area contributed by atoms with Gasteiger partial charge >= 0.3 is 0 Å². The fourth-order valence-electron chi connectivity index (χ4n) is 1.98. The van der Waals surface area contributed by atoms with Crippen LogP contribution in [0.4, 0.5) is 5.13 Å². The highest BCUT2D eigenvalue weighted by molar-refractivity contribution is 7.09. The molecule has 19 heavy (non-hydrogen) atoms. The van der Waals surface area contributed by atoms with Crippen LogP contribution in [-0.4, -0.2) is 59.1 Å². The first-order chi connectivity index (χ1) is 8.94. The average molecular weight is 284 g/mol. The number of hydrogen-bond donors (Lipinski definition) is 0. The highest BCUT2D eigenvalue weighted by atomic mass is 32.1. The van der Waals surface area contributed by atoms with Crippen molar-refractivity contribution >= 4 is 22.6 Å². The molecule has 1 aromatic heterocycles. The van der Waals surface area contributed by atoms with Gasteiger partial charge in [0.1, 0.15) is 11.4 Å². The first-order valence-electron chi connectivity index (χ1n) is 6.34. The Kier molecular flexibility index (Phi) is 4.05. The molecule has 0 atom stereocenters. The lowest BCUT2D eigenvalue weighted by Crippen LogP contribution is -2.54. The molecule has 0 unspecified atom stereocenters. The molecule has 2 heterocycles. The highest BCUT2D eigenvalue weighted by Gasteiger charge is 2.33. The second kappa shape index (κ2) is 5.42. The number of amides is 1. The van der Waals surface area contributed by atoms with Gasteiger partial charge in [0, 0.05) is 44.8 Å². The number of hydrogen-bond acceptors (Lipinski definition) is 6. The molecule has 0 bridgehead atoms. The lowest BCUT2D eigenvalue weighted by atomic mass is 10.1. The van der Waals surface area contributed by atoms with Crippen molar-refractivity contribution < 1.29 is 9.53 Å². The molecular formula is C12H20N4O2S. The van der Waals surface area contributed by atoms with Crippen LogP contribution in [0.3, 0.4) is 0 Å². The molecule has 106 valence electrons. The van der Waals surface area contributed by atoms with Gasteiger partial charge in [0.25, 0.3) is 5.91 Å². The van der Waals surface area contributed by atoms with Gasteiger partial charge in [-0.2, -0.15) is 4.37 Å². The number of carbonyl (C=O) groups is 1. The van der Waals surface area contributed by atoms with Crippen LogP contribution >= 0.6 is 11.5 Å². The van der Waals surface area contributed by atoms with Crippen molar-refractivity contribution in [1.82, 2.24) is 14.3 Å². The predicted molar refractivity (Wildman–Crippen MR) is 74.5 cm³/mol. The Balaban J connectivity index is 1.94. The second-order valence-corrected chi connectivity index (χ2v) is 5.85. The summed E-state index contributed by atoms with van der Waals surface area (Å²) in [5.41, 5.74) is -0.749. The number of ether oxygens (including phenoxy) is 1. The summed E-state index contributed by atoms with van der Waals surface area (Å²) >= 11 is 1.41. The van der Waals surface area contributed by atoms with Crippen LogP contribution in [0.1, 0.15) is 19.7 Å². The number of anilines is 1. The van der Waals surface area contributed by atoms with Crippen molar-refractivity contribution in [2.24, 2.45) is 0 Å². The van der Waals surface area contributed by atoms with Crippen LogP contribution in [0.5, 0.6) is 0 Å². The van der Waals surface area contributed by atoms with E-state index in [-0.39, 0.29) is 5.91 Å². The standard InChI is InChI=1S/C12H20N4O2S/c1-9-13-11(19-14-9)16-7-5-15(6-8-16)10(17)12(2,3)18-4/h5-8H2,1-4H3. The second-order valence-electron chi connectivity index (χ2n) is 5.12. The van der Waals surface area contributed by atoms with Crippen molar-refractivity contribution in [3.05, 3.63) is 5.82 Å².